The first-order chi connectivity index (χ1) is 7.74. The molecule has 3 heteroatoms. The van der Waals surface area contributed by atoms with E-state index in [9.17, 15) is 0 Å². The molecule has 94 valence electrons. The Morgan fingerprint density at radius 2 is 1.88 bits per heavy atom. The molecular formula is C13H27N3. The quantitative estimate of drug-likeness (QED) is 0.766. The number of nitrogens with zero attached hydrogens (tertiary/aromatic N) is 2. The maximum Gasteiger partial charge on any atom is 0.0107 e. The summed E-state index contributed by atoms with van der Waals surface area (Å²) in [5.41, 5.74) is 0. The monoisotopic (exact) mass is 225 g/mol. The van der Waals surface area contributed by atoms with Crippen LogP contribution in [0.15, 0.2) is 0 Å². The molecule has 0 unspecified atom stereocenters. The zero-order valence-electron chi connectivity index (χ0n) is 10.9. The SMILES string of the molecule is CC(C)CN1CC[C@H](CN2CCNCC2)C1. The molecule has 0 spiro atoms. The Bertz CT molecular complexity index is 199. The second kappa shape index (κ2) is 5.99. The summed E-state index contributed by atoms with van der Waals surface area (Å²) in [6.45, 7) is 14.8. The highest BCUT2D eigenvalue weighted by molar-refractivity contribution is 4.80. The Balaban J connectivity index is 1.67. The van der Waals surface area contributed by atoms with Crippen molar-refractivity contribution in [1.29, 1.82) is 0 Å². The summed E-state index contributed by atoms with van der Waals surface area (Å²) < 4.78 is 0. The number of hydrogen-bond acceptors (Lipinski definition) is 3. The molecule has 2 heterocycles. The van der Waals surface area contributed by atoms with E-state index in [2.05, 4.69) is 29.0 Å². The standard InChI is InChI=1S/C13H27N3/c1-12(2)9-16-6-3-13(11-16)10-15-7-4-14-5-8-15/h12-14H,3-11H2,1-2H3/t13-/m1/s1. The van der Waals surface area contributed by atoms with Gasteiger partial charge in [0, 0.05) is 45.8 Å². The van der Waals surface area contributed by atoms with E-state index in [0.29, 0.717) is 0 Å². The number of piperazine rings is 1. The van der Waals surface area contributed by atoms with E-state index in [1.54, 1.807) is 0 Å². The van der Waals surface area contributed by atoms with Gasteiger partial charge in [0.2, 0.25) is 0 Å². The molecular weight excluding hydrogens is 198 g/mol. The Kier molecular flexibility index (Phi) is 4.62. The van der Waals surface area contributed by atoms with Gasteiger partial charge in [0.25, 0.3) is 0 Å². The summed E-state index contributed by atoms with van der Waals surface area (Å²) >= 11 is 0. The highest BCUT2D eigenvalue weighted by atomic mass is 15.2. The van der Waals surface area contributed by atoms with Crippen LogP contribution in [0.2, 0.25) is 0 Å². The van der Waals surface area contributed by atoms with Crippen molar-refractivity contribution in [1.82, 2.24) is 15.1 Å². The molecule has 2 aliphatic heterocycles. The molecule has 0 bridgehead atoms. The number of hydrogen-bond donors (Lipinski definition) is 1. The third-order valence-corrected chi connectivity index (χ3v) is 3.72. The lowest BCUT2D eigenvalue weighted by molar-refractivity contribution is 0.200. The van der Waals surface area contributed by atoms with Gasteiger partial charge in [-0.2, -0.15) is 0 Å². The minimum Gasteiger partial charge on any atom is -0.314 e. The van der Waals surface area contributed by atoms with Crippen LogP contribution >= 0.6 is 0 Å². The fourth-order valence-corrected chi connectivity index (χ4v) is 3.00. The molecule has 2 rings (SSSR count). The fourth-order valence-electron chi connectivity index (χ4n) is 3.00. The van der Waals surface area contributed by atoms with Gasteiger partial charge in [-0.25, -0.2) is 0 Å². The second-order valence-corrected chi connectivity index (χ2v) is 5.86. The molecule has 16 heavy (non-hydrogen) atoms. The fraction of sp³-hybridized carbons (Fsp3) is 1.00. The van der Waals surface area contributed by atoms with Crippen LogP contribution < -0.4 is 5.32 Å². The predicted octanol–water partition coefficient (Wildman–Crippen LogP) is 0.870. The van der Waals surface area contributed by atoms with Crippen LogP contribution in [0.4, 0.5) is 0 Å². The lowest BCUT2D eigenvalue weighted by Gasteiger charge is -2.29. The molecule has 0 saturated carbocycles. The first kappa shape index (κ1) is 12.3. The van der Waals surface area contributed by atoms with Crippen LogP contribution in [0.1, 0.15) is 20.3 Å². The summed E-state index contributed by atoms with van der Waals surface area (Å²) in [7, 11) is 0. The van der Waals surface area contributed by atoms with Crippen molar-refractivity contribution in [2.45, 2.75) is 20.3 Å². The Morgan fingerprint density at radius 3 is 2.56 bits per heavy atom. The number of nitrogens with one attached hydrogen (secondary N) is 1. The third kappa shape index (κ3) is 3.72. The summed E-state index contributed by atoms with van der Waals surface area (Å²) in [4.78, 5) is 5.29. The molecule has 0 aromatic carbocycles. The van der Waals surface area contributed by atoms with Gasteiger partial charge in [-0.3, -0.25) is 0 Å². The van der Waals surface area contributed by atoms with Gasteiger partial charge in [0.1, 0.15) is 0 Å². The van der Waals surface area contributed by atoms with Crippen molar-refractivity contribution in [3.05, 3.63) is 0 Å². The second-order valence-electron chi connectivity index (χ2n) is 5.86. The molecule has 2 fully saturated rings. The Labute approximate surface area is 100 Å². The van der Waals surface area contributed by atoms with Gasteiger partial charge >= 0.3 is 0 Å². The maximum atomic E-state index is 3.42. The Hall–Kier alpha value is -0.120. The summed E-state index contributed by atoms with van der Waals surface area (Å²) in [6, 6.07) is 0. The van der Waals surface area contributed by atoms with Gasteiger partial charge in [-0.1, -0.05) is 13.8 Å². The third-order valence-electron chi connectivity index (χ3n) is 3.72. The van der Waals surface area contributed by atoms with Gasteiger partial charge in [-0.05, 0) is 24.8 Å². The highest BCUT2D eigenvalue weighted by Crippen LogP contribution is 2.18. The molecule has 2 saturated heterocycles. The van der Waals surface area contributed by atoms with Crippen molar-refractivity contribution in [3.8, 4) is 0 Å². The van der Waals surface area contributed by atoms with E-state index in [4.69, 9.17) is 0 Å². The van der Waals surface area contributed by atoms with Crippen LogP contribution in [-0.4, -0.2) is 62.2 Å². The smallest absolute Gasteiger partial charge is 0.0107 e. The van der Waals surface area contributed by atoms with Crippen LogP contribution in [-0.2, 0) is 0 Å². The van der Waals surface area contributed by atoms with Crippen LogP contribution in [0.5, 0.6) is 0 Å². The minimum atomic E-state index is 0.818. The van der Waals surface area contributed by atoms with Gasteiger partial charge in [0.05, 0.1) is 0 Å². The van der Waals surface area contributed by atoms with Crippen molar-refractivity contribution in [3.63, 3.8) is 0 Å². The zero-order valence-corrected chi connectivity index (χ0v) is 10.9. The van der Waals surface area contributed by atoms with E-state index in [0.717, 1.165) is 11.8 Å². The molecule has 1 N–H and O–H groups in total. The van der Waals surface area contributed by atoms with Crippen molar-refractivity contribution in [2.24, 2.45) is 11.8 Å². The van der Waals surface area contributed by atoms with E-state index in [1.165, 1.54) is 58.8 Å². The largest absolute Gasteiger partial charge is 0.314 e. The average molecular weight is 225 g/mol. The van der Waals surface area contributed by atoms with Crippen LogP contribution in [0, 0.1) is 11.8 Å². The van der Waals surface area contributed by atoms with Gasteiger partial charge < -0.3 is 15.1 Å². The summed E-state index contributed by atoms with van der Waals surface area (Å²) in [5, 5.41) is 3.42. The molecule has 0 radical (unpaired) electrons. The van der Waals surface area contributed by atoms with Crippen molar-refractivity contribution in [2.75, 3.05) is 52.4 Å². The normalized spacial score (nSPS) is 29.1. The van der Waals surface area contributed by atoms with E-state index < -0.39 is 0 Å². The van der Waals surface area contributed by atoms with Gasteiger partial charge in [0.15, 0.2) is 0 Å². The first-order valence-corrected chi connectivity index (χ1v) is 6.89. The van der Waals surface area contributed by atoms with E-state index >= 15 is 0 Å². The molecule has 0 aromatic heterocycles. The van der Waals surface area contributed by atoms with Crippen molar-refractivity contribution < 1.29 is 0 Å². The number of likely N-dealkylation sites (tertiary alicyclic amines) is 1. The number of rotatable bonds is 4. The molecule has 0 aromatic rings. The summed E-state index contributed by atoms with van der Waals surface area (Å²) in [6.07, 6.45) is 1.41. The highest BCUT2D eigenvalue weighted by Gasteiger charge is 2.24. The van der Waals surface area contributed by atoms with Gasteiger partial charge in [-0.15, -0.1) is 0 Å². The van der Waals surface area contributed by atoms with Crippen LogP contribution in [0.25, 0.3) is 0 Å². The van der Waals surface area contributed by atoms with Crippen molar-refractivity contribution >= 4 is 0 Å². The molecule has 0 aliphatic carbocycles. The van der Waals surface area contributed by atoms with E-state index in [1.807, 2.05) is 0 Å². The van der Waals surface area contributed by atoms with Crippen LogP contribution in [0.3, 0.4) is 0 Å². The molecule has 0 amide bonds. The first-order valence-electron chi connectivity index (χ1n) is 6.89. The van der Waals surface area contributed by atoms with E-state index in [-0.39, 0.29) is 0 Å². The topological polar surface area (TPSA) is 18.5 Å². The minimum absolute atomic E-state index is 0.818. The zero-order chi connectivity index (χ0) is 11.4. The Morgan fingerprint density at radius 1 is 1.12 bits per heavy atom. The lowest BCUT2D eigenvalue weighted by Crippen LogP contribution is -2.45. The lowest BCUT2D eigenvalue weighted by atomic mass is 10.1. The molecule has 3 nitrogen and oxygen atoms in total. The summed E-state index contributed by atoms with van der Waals surface area (Å²) in [5.74, 6) is 1.75. The average Bonchev–Trinajstić information content (AvgIpc) is 2.66. The molecule has 2 aliphatic rings. The maximum absolute atomic E-state index is 3.42. The molecule has 1 atom stereocenters. The predicted molar refractivity (Wildman–Crippen MR) is 68.7 cm³/mol.